The van der Waals surface area contributed by atoms with Crippen LogP contribution in [0.4, 0.5) is 0 Å². The van der Waals surface area contributed by atoms with Gasteiger partial charge in [-0.3, -0.25) is 4.90 Å². The highest BCUT2D eigenvalue weighted by molar-refractivity contribution is 5.26. The Hall–Kier alpha value is -1.06. The summed E-state index contributed by atoms with van der Waals surface area (Å²) in [7, 11) is 0. The maximum Gasteiger partial charge on any atom is 0.115 e. The molecule has 2 rings (SSSR count). The monoisotopic (exact) mass is 248 g/mol. The molecule has 0 aromatic heterocycles. The van der Waals surface area contributed by atoms with E-state index in [9.17, 15) is 5.11 Å². The van der Waals surface area contributed by atoms with Crippen LogP contribution in [-0.4, -0.2) is 34.7 Å². The van der Waals surface area contributed by atoms with E-state index in [4.69, 9.17) is 0 Å². The van der Waals surface area contributed by atoms with E-state index in [0.717, 1.165) is 26.1 Å². The summed E-state index contributed by atoms with van der Waals surface area (Å²) in [6, 6.07) is 8.10. The second-order valence-corrected chi connectivity index (χ2v) is 5.68. The molecular formula is C15H24N2O. The molecule has 3 heteroatoms. The second kappa shape index (κ2) is 5.29. The standard InChI is InChI=1S/C15H24N2O/c1-4-15(3)11-16-12(2)9-17(15)10-13-5-7-14(18)8-6-13/h5-8,12,16,18H,4,9-11H2,1-3H3. The SMILES string of the molecule is CCC1(C)CNC(C)CN1Cc1ccc(O)cc1. The number of phenolic OH excluding ortho intramolecular Hbond substituents is 1. The third kappa shape index (κ3) is 2.85. The first kappa shape index (κ1) is 13.4. The van der Waals surface area contributed by atoms with Gasteiger partial charge in [-0.15, -0.1) is 0 Å². The highest BCUT2D eigenvalue weighted by Crippen LogP contribution is 2.25. The fourth-order valence-electron chi connectivity index (χ4n) is 2.55. The highest BCUT2D eigenvalue weighted by atomic mass is 16.3. The van der Waals surface area contributed by atoms with Crippen molar-refractivity contribution in [3.63, 3.8) is 0 Å². The largest absolute Gasteiger partial charge is 0.508 e. The number of aromatic hydroxyl groups is 1. The fraction of sp³-hybridized carbons (Fsp3) is 0.600. The van der Waals surface area contributed by atoms with Crippen molar-refractivity contribution in [2.24, 2.45) is 0 Å². The smallest absolute Gasteiger partial charge is 0.115 e. The van der Waals surface area contributed by atoms with Crippen LogP contribution in [0.25, 0.3) is 0 Å². The quantitative estimate of drug-likeness (QED) is 0.862. The summed E-state index contributed by atoms with van der Waals surface area (Å²) in [5.74, 6) is 0.339. The van der Waals surface area contributed by atoms with Gasteiger partial charge in [0, 0.05) is 31.2 Å². The molecule has 2 unspecified atom stereocenters. The lowest BCUT2D eigenvalue weighted by Crippen LogP contribution is -2.61. The molecule has 0 radical (unpaired) electrons. The first-order valence-corrected chi connectivity index (χ1v) is 6.80. The molecule has 1 heterocycles. The summed E-state index contributed by atoms with van der Waals surface area (Å²) in [6.07, 6.45) is 1.14. The molecule has 0 spiro atoms. The molecular weight excluding hydrogens is 224 g/mol. The van der Waals surface area contributed by atoms with E-state index >= 15 is 0 Å². The second-order valence-electron chi connectivity index (χ2n) is 5.68. The minimum absolute atomic E-state index is 0.227. The molecule has 1 aromatic rings. The van der Waals surface area contributed by atoms with Crippen LogP contribution >= 0.6 is 0 Å². The number of benzene rings is 1. The van der Waals surface area contributed by atoms with Gasteiger partial charge < -0.3 is 10.4 Å². The third-order valence-electron chi connectivity index (χ3n) is 4.16. The summed E-state index contributed by atoms with van der Waals surface area (Å²) in [4.78, 5) is 2.56. The van der Waals surface area contributed by atoms with Crippen molar-refractivity contribution in [2.45, 2.75) is 45.3 Å². The molecule has 0 saturated carbocycles. The Morgan fingerprint density at radius 2 is 2.06 bits per heavy atom. The first-order valence-electron chi connectivity index (χ1n) is 6.80. The van der Waals surface area contributed by atoms with E-state index in [1.165, 1.54) is 5.56 Å². The van der Waals surface area contributed by atoms with Gasteiger partial charge in [0.25, 0.3) is 0 Å². The Morgan fingerprint density at radius 1 is 1.39 bits per heavy atom. The number of nitrogens with zero attached hydrogens (tertiary/aromatic N) is 1. The average Bonchev–Trinajstić information content (AvgIpc) is 2.37. The highest BCUT2D eigenvalue weighted by Gasteiger charge is 2.34. The number of phenols is 1. The van der Waals surface area contributed by atoms with Crippen molar-refractivity contribution in [2.75, 3.05) is 13.1 Å². The van der Waals surface area contributed by atoms with Crippen molar-refractivity contribution in [1.29, 1.82) is 0 Å². The van der Waals surface area contributed by atoms with E-state index in [0.29, 0.717) is 11.8 Å². The zero-order valence-electron chi connectivity index (χ0n) is 11.6. The third-order valence-corrected chi connectivity index (χ3v) is 4.16. The lowest BCUT2D eigenvalue weighted by atomic mass is 9.92. The van der Waals surface area contributed by atoms with Gasteiger partial charge in [0.2, 0.25) is 0 Å². The van der Waals surface area contributed by atoms with Gasteiger partial charge in [-0.05, 0) is 38.0 Å². The average molecular weight is 248 g/mol. The molecule has 1 aromatic carbocycles. The Balaban J connectivity index is 2.11. The van der Waals surface area contributed by atoms with E-state index in [1.54, 1.807) is 12.1 Å². The van der Waals surface area contributed by atoms with Gasteiger partial charge in [0.1, 0.15) is 5.75 Å². The molecule has 0 amide bonds. The zero-order chi connectivity index (χ0) is 13.2. The van der Waals surface area contributed by atoms with Crippen LogP contribution in [0.5, 0.6) is 5.75 Å². The summed E-state index contributed by atoms with van der Waals surface area (Å²) < 4.78 is 0. The molecule has 0 aliphatic carbocycles. The van der Waals surface area contributed by atoms with Crippen LogP contribution < -0.4 is 5.32 Å². The lowest BCUT2D eigenvalue weighted by Gasteiger charge is -2.47. The van der Waals surface area contributed by atoms with Crippen LogP contribution in [0, 0.1) is 0 Å². The molecule has 0 bridgehead atoms. The Bertz CT molecular complexity index is 390. The minimum atomic E-state index is 0.227. The van der Waals surface area contributed by atoms with Crippen LogP contribution in [0.15, 0.2) is 24.3 Å². The summed E-state index contributed by atoms with van der Waals surface area (Å²) in [5, 5.41) is 12.9. The van der Waals surface area contributed by atoms with Crippen molar-refractivity contribution in [3.8, 4) is 5.75 Å². The van der Waals surface area contributed by atoms with E-state index in [1.807, 2.05) is 12.1 Å². The van der Waals surface area contributed by atoms with Crippen molar-refractivity contribution in [3.05, 3.63) is 29.8 Å². The Labute approximate surface area is 110 Å². The Kier molecular flexibility index (Phi) is 3.93. The molecule has 2 atom stereocenters. The van der Waals surface area contributed by atoms with Gasteiger partial charge in [-0.2, -0.15) is 0 Å². The van der Waals surface area contributed by atoms with Gasteiger partial charge in [0.15, 0.2) is 0 Å². The molecule has 1 saturated heterocycles. The lowest BCUT2D eigenvalue weighted by molar-refractivity contribution is 0.0453. The topological polar surface area (TPSA) is 35.5 Å². The van der Waals surface area contributed by atoms with Crippen molar-refractivity contribution in [1.82, 2.24) is 10.2 Å². The van der Waals surface area contributed by atoms with Crippen LogP contribution in [0.1, 0.15) is 32.8 Å². The number of hydrogen-bond donors (Lipinski definition) is 2. The van der Waals surface area contributed by atoms with E-state index in [2.05, 4.69) is 31.0 Å². The molecule has 18 heavy (non-hydrogen) atoms. The van der Waals surface area contributed by atoms with Gasteiger partial charge >= 0.3 is 0 Å². The zero-order valence-corrected chi connectivity index (χ0v) is 11.6. The Morgan fingerprint density at radius 3 is 2.67 bits per heavy atom. The van der Waals surface area contributed by atoms with E-state index < -0.39 is 0 Å². The van der Waals surface area contributed by atoms with E-state index in [-0.39, 0.29) is 5.54 Å². The van der Waals surface area contributed by atoms with Gasteiger partial charge in [0.05, 0.1) is 0 Å². The number of hydrogen-bond acceptors (Lipinski definition) is 3. The normalized spacial score (nSPS) is 29.4. The molecule has 1 fully saturated rings. The van der Waals surface area contributed by atoms with Crippen LogP contribution in [0.2, 0.25) is 0 Å². The number of piperazine rings is 1. The van der Waals surface area contributed by atoms with Crippen LogP contribution in [0.3, 0.4) is 0 Å². The molecule has 2 N–H and O–H groups in total. The summed E-state index contributed by atoms with van der Waals surface area (Å²) >= 11 is 0. The number of nitrogens with one attached hydrogen (secondary N) is 1. The predicted octanol–water partition coefficient (Wildman–Crippen LogP) is 2.35. The van der Waals surface area contributed by atoms with Gasteiger partial charge in [-0.1, -0.05) is 19.1 Å². The minimum Gasteiger partial charge on any atom is -0.508 e. The number of rotatable bonds is 3. The molecule has 3 nitrogen and oxygen atoms in total. The first-order chi connectivity index (χ1) is 8.53. The maximum atomic E-state index is 9.33. The van der Waals surface area contributed by atoms with Crippen LogP contribution in [-0.2, 0) is 6.54 Å². The predicted molar refractivity (Wildman–Crippen MR) is 74.7 cm³/mol. The molecule has 100 valence electrons. The molecule has 1 aliphatic rings. The maximum absolute atomic E-state index is 9.33. The summed E-state index contributed by atoms with van der Waals surface area (Å²) in [5.41, 5.74) is 1.49. The van der Waals surface area contributed by atoms with Crippen molar-refractivity contribution < 1.29 is 5.11 Å². The fourth-order valence-corrected chi connectivity index (χ4v) is 2.55. The molecule has 1 aliphatic heterocycles. The summed E-state index contributed by atoms with van der Waals surface area (Å²) in [6.45, 7) is 9.89. The van der Waals surface area contributed by atoms with Gasteiger partial charge in [-0.25, -0.2) is 0 Å². The van der Waals surface area contributed by atoms with Crippen molar-refractivity contribution >= 4 is 0 Å².